The number of carboxylic acid groups (broad SMARTS) is 1. The third-order valence-corrected chi connectivity index (χ3v) is 4.77. The first-order valence-corrected chi connectivity index (χ1v) is 9.65. The number of esters is 1. The van der Waals surface area contributed by atoms with Crippen molar-refractivity contribution in [1.82, 2.24) is 14.8 Å². The number of carbonyl (C=O) groups is 2. The average molecular weight is 378 g/mol. The van der Waals surface area contributed by atoms with E-state index in [1.54, 1.807) is 16.6 Å². The lowest BCUT2D eigenvalue weighted by molar-refractivity contribution is -0.142. The van der Waals surface area contributed by atoms with Crippen LogP contribution >= 0.6 is 0 Å². The summed E-state index contributed by atoms with van der Waals surface area (Å²) in [5, 5.41) is 19.7. The molecule has 8 heteroatoms. The molecular weight excluding hydrogens is 348 g/mol. The highest BCUT2D eigenvalue weighted by Crippen LogP contribution is 2.20. The summed E-state index contributed by atoms with van der Waals surface area (Å²) >= 11 is 0. The number of nitrogens with zero attached hydrogens (tertiary/aromatic N) is 4. The molecule has 0 fully saturated rings. The summed E-state index contributed by atoms with van der Waals surface area (Å²) in [6.07, 6.45) is 3.93. The summed E-state index contributed by atoms with van der Waals surface area (Å²) in [5.74, 6) is -1.14. The Balaban J connectivity index is 1.89. The van der Waals surface area contributed by atoms with Crippen LogP contribution in [0, 0.1) is 6.92 Å². The molecule has 1 unspecified atom stereocenters. The first-order chi connectivity index (χ1) is 12.9. The number of carbonyl (C=O) groups excluding carboxylic acids is 1. The Morgan fingerprint density at radius 3 is 2.59 bits per heavy atom. The van der Waals surface area contributed by atoms with Crippen molar-refractivity contribution in [2.45, 2.75) is 72.4 Å². The van der Waals surface area contributed by atoms with Gasteiger partial charge in [0.15, 0.2) is 0 Å². The Kier molecular flexibility index (Phi) is 7.38. The van der Waals surface area contributed by atoms with Gasteiger partial charge in [0.1, 0.15) is 11.7 Å². The maximum absolute atomic E-state index is 12.3. The molecule has 2 rings (SSSR count). The molecule has 1 N–H and O–H groups in total. The van der Waals surface area contributed by atoms with E-state index >= 15 is 0 Å². The first kappa shape index (κ1) is 20.9. The summed E-state index contributed by atoms with van der Waals surface area (Å²) in [6.45, 7) is 9.13. The Morgan fingerprint density at radius 2 is 1.96 bits per heavy atom. The number of aromatic nitrogens is 2. The van der Waals surface area contributed by atoms with E-state index in [4.69, 9.17) is 4.74 Å². The third kappa shape index (κ3) is 5.08. The summed E-state index contributed by atoms with van der Waals surface area (Å²) in [4.78, 5) is 23.6. The summed E-state index contributed by atoms with van der Waals surface area (Å²) in [7, 11) is 0. The van der Waals surface area contributed by atoms with E-state index in [2.05, 4.69) is 10.2 Å². The molecule has 0 amide bonds. The van der Waals surface area contributed by atoms with E-state index in [0.717, 1.165) is 42.7 Å². The molecule has 1 aliphatic heterocycles. The molecule has 27 heavy (non-hydrogen) atoms. The zero-order valence-corrected chi connectivity index (χ0v) is 16.7. The standard InChI is InChI=1S/C19H30N4O4/c1-5-22-17(19(26)27-6-2)15(14(4)21-22)10-8-7-9-11-23-16(18(24)25)12-13(3)20-23/h16H,5-12H2,1-4H3,(H,24,25). The van der Waals surface area contributed by atoms with Gasteiger partial charge in [-0.2, -0.15) is 10.2 Å². The van der Waals surface area contributed by atoms with E-state index in [1.807, 2.05) is 20.8 Å². The second kappa shape index (κ2) is 9.53. The number of hydrogen-bond donors (Lipinski definition) is 1. The number of aliphatic carboxylic acids is 1. The van der Waals surface area contributed by atoms with Crippen molar-refractivity contribution in [3.63, 3.8) is 0 Å². The molecule has 0 saturated carbocycles. The van der Waals surface area contributed by atoms with Crippen LogP contribution in [0.4, 0.5) is 0 Å². The number of unbranched alkanes of at least 4 members (excludes halogenated alkanes) is 2. The minimum Gasteiger partial charge on any atom is -0.480 e. The number of hydrazone groups is 1. The van der Waals surface area contributed by atoms with Crippen LogP contribution in [0.5, 0.6) is 0 Å². The Bertz CT molecular complexity index is 711. The first-order valence-electron chi connectivity index (χ1n) is 9.65. The second-order valence-electron chi connectivity index (χ2n) is 6.82. The van der Waals surface area contributed by atoms with Crippen molar-refractivity contribution in [3.8, 4) is 0 Å². The van der Waals surface area contributed by atoms with Gasteiger partial charge in [0, 0.05) is 30.8 Å². The number of hydrogen-bond acceptors (Lipinski definition) is 6. The molecule has 1 atom stereocenters. The molecule has 8 nitrogen and oxygen atoms in total. The van der Waals surface area contributed by atoms with Gasteiger partial charge in [0.2, 0.25) is 0 Å². The van der Waals surface area contributed by atoms with Crippen LogP contribution in [0.1, 0.15) is 68.2 Å². The van der Waals surface area contributed by atoms with E-state index < -0.39 is 12.0 Å². The van der Waals surface area contributed by atoms with Crippen LogP contribution in [-0.2, 0) is 22.5 Å². The number of carboxylic acids is 1. The van der Waals surface area contributed by atoms with Gasteiger partial charge in [0.25, 0.3) is 0 Å². The lowest BCUT2D eigenvalue weighted by Gasteiger charge is -2.19. The van der Waals surface area contributed by atoms with Gasteiger partial charge in [-0.3, -0.25) is 9.69 Å². The minimum absolute atomic E-state index is 0.318. The molecule has 0 saturated heterocycles. The predicted molar refractivity (Wildman–Crippen MR) is 102 cm³/mol. The number of ether oxygens (including phenoxy) is 1. The molecule has 1 aromatic heterocycles. The molecule has 0 aromatic carbocycles. The van der Waals surface area contributed by atoms with Crippen molar-refractivity contribution in [1.29, 1.82) is 0 Å². The third-order valence-electron chi connectivity index (χ3n) is 4.77. The Hall–Kier alpha value is -2.38. The highest BCUT2D eigenvalue weighted by molar-refractivity contribution is 5.90. The molecule has 0 aliphatic carbocycles. The summed E-state index contributed by atoms with van der Waals surface area (Å²) < 4.78 is 6.90. The van der Waals surface area contributed by atoms with Crippen molar-refractivity contribution >= 4 is 17.7 Å². The topological polar surface area (TPSA) is 97.0 Å². The fourth-order valence-corrected chi connectivity index (χ4v) is 3.46. The van der Waals surface area contributed by atoms with Crippen LogP contribution in [0.3, 0.4) is 0 Å². The van der Waals surface area contributed by atoms with Gasteiger partial charge in [-0.1, -0.05) is 6.42 Å². The SMILES string of the molecule is CCOC(=O)c1c(CCCCCN2N=C(C)CC2C(=O)O)c(C)nn1CC. The second-order valence-corrected chi connectivity index (χ2v) is 6.82. The van der Waals surface area contributed by atoms with Crippen LogP contribution in [0.2, 0.25) is 0 Å². The zero-order chi connectivity index (χ0) is 20.0. The lowest BCUT2D eigenvalue weighted by atomic mass is 10.0. The average Bonchev–Trinajstić information content (AvgIpc) is 3.14. The highest BCUT2D eigenvalue weighted by Gasteiger charge is 2.30. The molecule has 0 radical (unpaired) electrons. The zero-order valence-electron chi connectivity index (χ0n) is 16.7. The quantitative estimate of drug-likeness (QED) is 0.496. The number of rotatable bonds is 10. The predicted octanol–water partition coefficient (Wildman–Crippen LogP) is 2.64. The fraction of sp³-hybridized carbons (Fsp3) is 0.684. The smallest absolute Gasteiger partial charge is 0.356 e. The normalized spacial score (nSPS) is 16.5. The van der Waals surface area contributed by atoms with Crippen LogP contribution < -0.4 is 0 Å². The van der Waals surface area contributed by atoms with Gasteiger partial charge in [-0.15, -0.1) is 0 Å². The number of aryl methyl sites for hydroxylation is 2. The summed E-state index contributed by atoms with van der Waals surface area (Å²) in [5.41, 5.74) is 3.24. The van der Waals surface area contributed by atoms with Crippen LogP contribution in [0.15, 0.2) is 5.10 Å². The molecule has 0 spiro atoms. The largest absolute Gasteiger partial charge is 0.480 e. The Labute approximate surface area is 160 Å². The minimum atomic E-state index is -0.822. The maximum Gasteiger partial charge on any atom is 0.356 e. The van der Waals surface area contributed by atoms with Gasteiger partial charge < -0.3 is 9.84 Å². The molecule has 0 bridgehead atoms. The van der Waals surface area contributed by atoms with Crippen LogP contribution in [0.25, 0.3) is 0 Å². The van der Waals surface area contributed by atoms with Crippen molar-refractivity contribution in [2.24, 2.45) is 5.10 Å². The van der Waals surface area contributed by atoms with E-state index in [1.165, 1.54) is 0 Å². The van der Waals surface area contributed by atoms with Crippen molar-refractivity contribution in [2.75, 3.05) is 13.2 Å². The van der Waals surface area contributed by atoms with E-state index in [0.29, 0.717) is 31.8 Å². The van der Waals surface area contributed by atoms with Crippen molar-refractivity contribution in [3.05, 3.63) is 17.0 Å². The van der Waals surface area contributed by atoms with Crippen LogP contribution in [-0.4, -0.2) is 56.7 Å². The molecule has 150 valence electrons. The molecular formula is C19H30N4O4. The van der Waals surface area contributed by atoms with E-state index in [-0.39, 0.29) is 5.97 Å². The Morgan fingerprint density at radius 1 is 1.22 bits per heavy atom. The monoisotopic (exact) mass is 378 g/mol. The van der Waals surface area contributed by atoms with Crippen molar-refractivity contribution < 1.29 is 19.4 Å². The summed E-state index contributed by atoms with van der Waals surface area (Å²) in [6, 6.07) is -0.537. The van der Waals surface area contributed by atoms with Gasteiger partial charge >= 0.3 is 11.9 Å². The van der Waals surface area contributed by atoms with E-state index in [9.17, 15) is 14.7 Å². The molecule has 2 heterocycles. The highest BCUT2D eigenvalue weighted by atomic mass is 16.5. The molecule has 1 aliphatic rings. The molecule has 1 aromatic rings. The fourth-order valence-electron chi connectivity index (χ4n) is 3.46. The lowest BCUT2D eigenvalue weighted by Crippen LogP contribution is -2.34. The maximum atomic E-state index is 12.3. The van der Waals surface area contributed by atoms with Gasteiger partial charge in [-0.25, -0.2) is 9.59 Å². The van der Waals surface area contributed by atoms with Gasteiger partial charge in [0.05, 0.1) is 12.3 Å². The van der Waals surface area contributed by atoms with Gasteiger partial charge in [-0.05, 0) is 47.0 Å².